The molecule has 6 nitrogen and oxygen atoms in total. The van der Waals surface area contributed by atoms with E-state index < -0.39 is 0 Å². The SMILES string of the molecule is CCc1cc(CNC(=O)[C@@H]2CCC(=O)N(CCc3cccc(F)c3)C2)on1. The van der Waals surface area contributed by atoms with Gasteiger partial charge in [-0.3, -0.25) is 9.59 Å². The van der Waals surface area contributed by atoms with Gasteiger partial charge in [0.25, 0.3) is 0 Å². The number of piperidine rings is 1. The van der Waals surface area contributed by atoms with Crippen LogP contribution in [-0.4, -0.2) is 35.0 Å². The van der Waals surface area contributed by atoms with E-state index in [0.717, 1.165) is 17.7 Å². The fourth-order valence-electron chi connectivity index (χ4n) is 3.23. The van der Waals surface area contributed by atoms with E-state index in [2.05, 4.69) is 10.5 Å². The van der Waals surface area contributed by atoms with Gasteiger partial charge in [0.2, 0.25) is 11.8 Å². The predicted molar refractivity (Wildman–Crippen MR) is 97.1 cm³/mol. The molecule has 2 aromatic rings. The number of hydrogen-bond acceptors (Lipinski definition) is 4. The van der Waals surface area contributed by atoms with Crippen LogP contribution >= 0.6 is 0 Å². The molecule has 0 radical (unpaired) electrons. The van der Waals surface area contributed by atoms with E-state index in [1.54, 1.807) is 11.0 Å². The minimum absolute atomic E-state index is 0.0401. The molecular weight excluding hydrogens is 349 g/mol. The highest BCUT2D eigenvalue weighted by Crippen LogP contribution is 2.19. The van der Waals surface area contributed by atoms with Crippen LogP contribution in [-0.2, 0) is 29.0 Å². The first-order valence-electron chi connectivity index (χ1n) is 9.29. The van der Waals surface area contributed by atoms with Crippen molar-refractivity contribution in [3.8, 4) is 0 Å². The van der Waals surface area contributed by atoms with Crippen molar-refractivity contribution in [2.45, 2.75) is 39.2 Å². The number of nitrogens with one attached hydrogen (secondary N) is 1. The summed E-state index contributed by atoms with van der Waals surface area (Å²) in [5.41, 5.74) is 1.69. The first-order chi connectivity index (χ1) is 13.0. The Hall–Kier alpha value is -2.70. The summed E-state index contributed by atoms with van der Waals surface area (Å²) in [4.78, 5) is 26.3. The maximum absolute atomic E-state index is 13.3. The molecule has 1 N–H and O–H groups in total. The van der Waals surface area contributed by atoms with E-state index in [0.29, 0.717) is 44.7 Å². The zero-order valence-electron chi connectivity index (χ0n) is 15.4. The van der Waals surface area contributed by atoms with Crippen LogP contribution in [0.3, 0.4) is 0 Å². The Bertz CT molecular complexity index is 805. The third-order valence-corrected chi connectivity index (χ3v) is 4.84. The molecule has 1 atom stereocenters. The van der Waals surface area contributed by atoms with Crippen LogP contribution in [0.25, 0.3) is 0 Å². The number of carbonyl (C=O) groups excluding carboxylic acids is 2. The molecule has 3 rings (SSSR count). The summed E-state index contributed by atoms with van der Waals surface area (Å²) in [5, 5.41) is 6.76. The number of aryl methyl sites for hydroxylation is 1. The molecule has 2 amide bonds. The van der Waals surface area contributed by atoms with Gasteiger partial charge in [0, 0.05) is 25.6 Å². The number of nitrogens with zero attached hydrogens (tertiary/aromatic N) is 2. The van der Waals surface area contributed by atoms with Crippen molar-refractivity contribution in [1.29, 1.82) is 0 Å². The van der Waals surface area contributed by atoms with Gasteiger partial charge in [0.05, 0.1) is 18.2 Å². The number of aromatic nitrogens is 1. The average molecular weight is 373 g/mol. The highest BCUT2D eigenvalue weighted by atomic mass is 19.1. The van der Waals surface area contributed by atoms with Crippen molar-refractivity contribution in [1.82, 2.24) is 15.4 Å². The number of amides is 2. The normalized spacial score (nSPS) is 17.2. The van der Waals surface area contributed by atoms with Gasteiger partial charge < -0.3 is 14.7 Å². The van der Waals surface area contributed by atoms with Crippen molar-refractivity contribution >= 4 is 11.8 Å². The third-order valence-electron chi connectivity index (χ3n) is 4.84. The molecule has 1 aliphatic rings. The van der Waals surface area contributed by atoms with E-state index in [1.165, 1.54) is 12.1 Å². The average Bonchev–Trinajstić information content (AvgIpc) is 3.13. The highest BCUT2D eigenvalue weighted by Gasteiger charge is 2.30. The second-order valence-electron chi connectivity index (χ2n) is 6.81. The molecule has 0 bridgehead atoms. The van der Waals surface area contributed by atoms with Crippen LogP contribution in [0.2, 0.25) is 0 Å². The Labute approximate surface area is 157 Å². The topological polar surface area (TPSA) is 75.4 Å². The van der Waals surface area contributed by atoms with Crippen LogP contribution in [0.5, 0.6) is 0 Å². The Morgan fingerprint density at radius 3 is 3.00 bits per heavy atom. The Morgan fingerprint density at radius 2 is 2.26 bits per heavy atom. The number of rotatable bonds is 7. The number of likely N-dealkylation sites (tertiary alicyclic amines) is 1. The Morgan fingerprint density at radius 1 is 1.41 bits per heavy atom. The van der Waals surface area contributed by atoms with Gasteiger partial charge in [-0.2, -0.15) is 0 Å². The van der Waals surface area contributed by atoms with Gasteiger partial charge in [-0.05, 0) is 37.0 Å². The summed E-state index contributed by atoms with van der Waals surface area (Å²) >= 11 is 0. The fraction of sp³-hybridized carbons (Fsp3) is 0.450. The molecule has 7 heteroatoms. The predicted octanol–water partition coefficient (Wildman–Crippen LogP) is 2.47. The number of hydrogen-bond donors (Lipinski definition) is 1. The smallest absolute Gasteiger partial charge is 0.225 e. The third kappa shape index (κ3) is 5.15. The van der Waals surface area contributed by atoms with Gasteiger partial charge in [-0.25, -0.2) is 4.39 Å². The molecule has 1 saturated heterocycles. The van der Waals surface area contributed by atoms with Crippen LogP contribution in [0.1, 0.15) is 36.8 Å². The van der Waals surface area contributed by atoms with Crippen LogP contribution < -0.4 is 5.32 Å². The number of carbonyl (C=O) groups is 2. The van der Waals surface area contributed by atoms with Gasteiger partial charge in [-0.15, -0.1) is 0 Å². The minimum atomic E-state index is -0.284. The van der Waals surface area contributed by atoms with Crippen molar-refractivity contribution in [2.24, 2.45) is 5.92 Å². The number of benzene rings is 1. The summed E-state index contributed by atoms with van der Waals surface area (Å²) in [6.07, 6.45) is 2.24. The van der Waals surface area contributed by atoms with Crippen LogP contribution in [0, 0.1) is 11.7 Å². The summed E-state index contributed by atoms with van der Waals surface area (Å²) in [6, 6.07) is 8.19. The highest BCUT2D eigenvalue weighted by molar-refractivity contribution is 5.83. The van der Waals surface area contributed by atoms with Gasteiger partial charge in [-0.1, -0.05) is 24.2 Å². The number of halogens is 1. The Kier molecular flexibility index (Phi) is 6.21. The van der Waals surface area contributed by atoms with E-state index in [-0.39, 0.29) is 23.5 Å². The van der Waals surface area contributed by atoms with Crippen molar-refractivity contribution < 1.29 is 18.5 Å². The molecule has 1 aliphatic heterocycles. The molecule has 1 aromatic heterocycles. The lowest BCUT2D eigenvalue weighted by atomic mass is 9.96. The molecule has 0 saturated carbocycles. The van der Waals surface area contributed by atoms with Gasteiger partial charge in [0.1, 0.15) is 5.82 Å². The second-order valence-corrected chi connectivity index (χ2v) is 6.81. The monoisotopic (exact) mass is 373 g/mol. The second kappa shape index (κ2) is 8.79. The first-order valence-corrected chi connectivity index (χ1v) is 9.29. The summed E-state index contributed by atoms with van der Waals surface area (Å²) in [6.45, 7) is 3.14. The molecule has 1 aromatic carbocycles. The lowest BCUT2D eigenvalue weighted by Crippen LogP contribution is -2.46. The van der Waals surface area contributed by atoms with Crippen molar-refractivity contribution in [3.63, 3.8) is 0 Å². The van der Waals surface area contributed by atoms with E-state index in [4.69, 9.17) is 4.52 Å². The maximum atomic E-state index is 13.3. The molecule has 0 aliphatic carbocycles. The zero-order chi connectivity index (χ0) is 19.2. The lowest BCUT2D eigenvalue weighted by molar-refractivity contribution is -0.138. The molecule has 1 fully saturated rings. The minimum Gasteiger partial charge on any atom is -0.359 e. The quantitative estimate of drug-likeness (QED) is 0.809. The summed E-state index contributed by atoms with van der Waals surface area (Å²) in [5.74, 6) is 0.0400. The van der Waals surface area contributed by atoms with E-state index in [1.807, 2.05) is 19.1 Å². The molecule has 27 heavy (non-hydrogen) atoms. The van der Waals surface area contributed by atoms with E-state index in [9.17, 15) is 14.0 Å². The van der Waals surface area contributed by atoms with Crippen molar-refractivity contribution in [3.05, 3.63) is 53.2 Å². The van der Waals surface area contributed by atoms with Crippen LogP contribution in [0.15, 0.2) is 34.9 Å². The van der Waals surface area contributed by atoms with Crippen molar-refractivity contribution in [2.75, 3.05) is 13.1 Å². The largest absolute Gasteiger partial charge is 0.359 e. The molecule has 0 spiro atoms. The summed E-state index contributed by atoms with van der Waals surface area (Å²) < 4.78 is 18.4. The Balaban J connectivity index is 1.50. The molecule has 2 heterocycles. The molecule has 0 unspecified atom stereocenters. The van der Waals surface area contributed by atoms with E-state index >= 15 is 0 Å². The first kappa shape index (κ1) is 19.1. The molecule has 144 valence electrons. The molecular formula is C20H24FN3O3. The summed E-state index contributed by atoms with van der Waals surface area (Å²) in [7, 11) is 0. The standard InChI is InChI=1S/C20H24FN3O3/c1-2-17-11-18(27-23-17)12-22-20(26)15-6-7-19(25)24(13-15)9-8-14-4-3-5-16(21)10-14/h3-5,10-11,15H,2,6-9,12-13H2,1H3,(H,22,26)/t15-/m1/s1. The van der Waals surface area contributed by atoms with Crippen LogP contribution in [0.4, 0.5) is 4.39 Å². The van der Waals surface area contributed by atoms with Gasteiger partial charge in [0.15, 0.2) is 5.76 Å². The van der Waals surface area contributed by atoms with Gasteiger partial charge >= 0.3 is 0 Å². The fourth-order valence-corrected chi connectivity index (χ4v) is 3.23. The zero-order valence-corrected chi connectivity index (χ0v) is 15.4. The maximum Gasteiger partial charge on any atom is 0.225 e. The lowest BCUT2D eigenvalue weighted by Gasteiger charge is -2.32.